The highest BCUT2D eigenvalue weighted by molar-refractivity contribution is 6.42. The Bertz CT molecular complexity index is 660. The highest BCUT2D eigenvalue weighted by Gasteiger charge is 2.15. The van der Waals surface area contributed by atoms with Gasteiger partial charge in [-0.15, -0.1) is 0 Å². The lowest BCUT2D eigenvalue weighted by atomic mass is 10.1. The van der Waals surface area contributed by atoms with Crippen molar-refractivity contribution in [1.29, 1.82) is 0 Å². The van der Waals surface area contributed by atoms with Crippen molar-refractivity contribution in [3.05, 3.63) is 69.7 Å². The first-order chi connectivity index (χ1) is 10.1. The molecule has 21 heavy (non-hydrogen) atoms. The van der Waals surface area contributed by atoms with E-state index in [0.717, 1.165) is 0 Å². The van der Waals surface area contributed by atoms with Crippen LogP contribution < -0.4 is 5.43 Å². The number of nitrogens with zero attached hydrogens (tertiary/aromatic N) is 1. The normalized spacial score (nSPS) is 12.3. The lowest BCUT2D eigenvalue weighted by molar-refractivity contribution is -0.129. The molecule has 2 aromatic carbocycles. The summed E-state index contributed by atoms with van der Waals surface area (Å²) in [6.07, 6.45) is 0.148. The fourth-order valence-corrected chi connectivity index (χ4v) is 1.92. The van der Waals surface area contributed by atoms with E-state index < -0.39 is 12.0 Å². The fourth-order valence-electron chi connectivity index (χ4n) is 1.61. The van der Waals surface area contributed by atoms with Gasteiger partial charge in [-0.2, -0.15) is 5.10 Å². The van der Waals surface area contributed by atoms with Gasteiger partial charge in [0.15, 0.2) is 6.10 Å². The van der Waals surface area contributed by atoms with Gasteiger partial charge in [-0.1, -0.05) is 59.6 Å². The van der Waals surface area contributed by atoms with Crippen LogP contribution in [0, 0.1) is 0 Å². The van der Waals surface area contributed by atoms with Crippen molar-refractivity contribution < 1.29 is 9.90 Å². The molecule has 0 fully saturated rings. The molecule has 2 rings (SSSR count). The number of nitrogens with one attached hydrogen (secondary N) is 1. The Hall–Kier alpha value is -1.88. The third-order valence-corrected chi connectivity index (χ3v) is 3.43. The van der Waals surface area contributed by atoms with Crippen LogP contribution >= 0.6 is 23.2 Å². The van der Waals surface area contributed by atoms with Crippen LogP contribution in [-0.4, -0.2) is 17.2 Å². The Morgan fingerprint density at radius 2 is 1.86 bits per heavy atom. The number of amides is 1. The first kappa shape index (κ1) is 15.5. The van der Waals surface area contributed by atoms with Gasteiger partial charge in [0.25, 0.3) is 5.91 Å². The number of aliphatic hydroxyl groups excluding tert-OH is 1. The number of benzene rings is 2. The van der Waals surface area contributed by atoms with Gasteiger partial charge >= 0.3 is 0 Å². The average molecular weight is 323 g/mol. The van der Waals surface area contributed by atoms with Gasteiger partial charge in [-0.05, 0) is 23.3 Å². The molecule has 0 aliphatic heterocycles. The Morgan fingerprint density at radius 1 is 1.14 bits per heavy atom. The molecule has 0 spiro atoms. The van der Waals surface area contributed by atoms with Crippen molar-refractivity contribution >= 4 is 35.3 Å². The number of aliphatic hydroxyl groups is 1. The van der Waals surface area contributed by atoms with Crippen LogP contribution in [-0.2, 0) is 4.79 Å². The molecule has 0 bridgehead atoms. The second-order valence-corrected chi connectivity index (χ2v) is 5.04. The zero-order valence-electron chi connectivity index (χ0n) is 10.8. The minimum atomic E-state index is -1.27. The monoisotopic (exact) mass is 322 g/mol. The van der Waals surface area contributed by atoms with Crippen LogP contribution in [0.4, 0.5) is 0 Å². The van der Waals surface area contributed by atoms with Crippen LogP contribution in [0.2, 0.25) is 10.0 Å². The number of hydrogen-bond acceptors (Lipinski definition) is 3. The Balaban J connectivity index is 1.97. The average Bonchev–Trinajstić information content (AvgIpc) is 2.51. The van der Waals surface area contributed by atoms with Crippen molar-refractivity contribution in [2.45, 2.75) is 6.10 Å². The second kappa shape index (κ2) is 7.22. The number of halogens is 2. The zero-order chi connectivity index (χ0) is 15.2. The first-order valence-electron chi connectivity index (χ1n) is 6.09. The van der Waals surface area contributed by atoms with E-state index in [1.165, 1.54) is 6.21 Å². The summed E-state index contributed by atoms with van der Waals surface area (Å²) in [4.78, 5) is 11.7. The maximum Gasteiger partial charge on any atom is 0.273 e. The molecule has 0 saturated carbocycles. The molecule has 108 valence electrons. The summed E-state index contributed by atoms with van der Waals surface area (Å²) in [6.45, 7) is 0. The molecular weight excluding hydrogens is 311 g/mol. The lowest BCUT2D eigenvalue weighted by Gasteiger charge is -2.08. The van der Waals surface area contributed by atoms with Gasteiger partial charge in [0.05, 0.1) is 16.3 Å². The predicted molar refractivity (Wildman–Crippen MR) is 83.6 cm³/mol. The van der Waals surface area contributed by atoms with E-state index in [2.05, 4.69) is 10.5 Å². The van der Waals surface area contributed by atoms with E-state index in [1.54, 1.807) is 48.5 Å². The summed E-state index contributed by atoms with van der Waals surface area (Å²) >= 11 is 11.7. The Morgan fingerprint density at radius 3 is 2.52 bits per heavy atom. The van der Waals surface area contributed by atoms with Gasteiger partial charge in [0, 0.05) is 0 Å². The summed E-state index contributed by atoms with van der Waals surface area (Å²) in [5, 5.41) is 14.5. The number of hydrazone groups is 1. The molecule has 0 radical (unpaired) electrons. The molecule has 1 unspecified atom stereocenters. The van der Waals surface area contributed by atoms with Gasteiger partial charge in [-0.3, -0.25) is 4.79 Å². The van der Waals surface area contributed by atoms with Crippen LogP contribution in [0.3, 0.4) is 0 Å². The number of carbonyl (C=O) groups excluding carboxylic acids is 1. The Labute approximate surface area is 132 Å². The highest BCUT2D eigenvalue weighted by atomic mass is 35.5. The molecule has 0 aliphatic carbocycles. The Kier molecular flexibility index (Phi) is 5.33. The van der Waals surface area contributed by atoms with Crippen LogP contribution in [0.1, 0.15) is 17.2 Å². The molecule has 0 aromatic heterocycles. The van der Waals surface area contributed by atoms with Gasteiger partial charge in [0.1, 0.15) is 0 Å². The fraction of sp³-hybridized carbons (Fsp3) is 0.0667. The minimum absolute atomic E-state index is 0.399. The van der Waals surface area contributed by atoms with Crippen LogP contribution in [0.5, 0.6) is 0 Å². The zero-order valence-corrected chi connectivity index (χ0v) is 12.3. The van der Waals surface area contributed by atoms with E-state index in [0.29, 0.717) is 21.2 Å². The van der Waals surface area contributed by atoms with E-state index in [4.69, 9.17) is 23.2 Å². The maximum absolute atomic E-state index is 11.7. The van der Waals surface area contributed by atoms with Crippen LogP contribution in [0.15, 0.2) is 53.6 Å². The molecule has 1 atom stereocenters. The van der Waals surface area contributed by atoms with Gasteiger partial charge in [-0.25, -0.2) is 5.43 Å². The molecule has 0 aliphatic rings. The van der Waals surface area contributed by atoms with E-state index in [9.17, 15) is 9.90 Å². The first-order valence-corrected chi connectivity index (χ1v) is 6.84. The van der Waals surface area contributed by atoms with Gasteiger partial charge in [0.2, 0.25) is 0 Å². The molecule has 2 N–H and O–H groups in total. The molecule has 2 aromatic rings. The van der Waals surface area contributed by atoms with Crippen molar-refractivity contribution in [2.24, 2.45) is 5.10 Å². The quantitative estimate of drug-likeness (QED) is 0.670. The van der Waals surface area contributed by atoms with Crippen molar-refractivity contribution in [2.75, 3.05) is 0 Å². The minimum Gasteiger partial charge on any atom is -0.378 e. The van der Waals surface area contributed by atoms with Crippen molar-refractivity contribution in [3.63, 3.8) is 0 Å². The van der Waals surface area contributed by atoms with Gasteiger partial charge < -0.3 is 5.11 Å². The van der Waals surface area contributed by atoms with Crippen molar-refractivity contribution in [1.82, 2.24) is 5.43 Å². The highest BCUT2D eigenvalue weighted by Crippen LogP contribution is 2.21. The number of carbonyl (C=O) groups is 1. The number of rotatable bonds is 4. The maximum atomic E-state index is 11.7. The molecule has 0 heterocycles. The molecule has 6 heteroatoms. The van der Waals surface area contributed by atoms with Crippen LogP contribution in [0.25, 0.3) is 0 Å². The third kappa shape index (κ3) is 4.29. The molecular formula is C15H12Cl2N2O2. The SMILES string of the molecule is O=C(NN=Cc1ccc(Cl)c(Cl)c1)C(O)c1ccccc1. The van der Waals surface area contributed by atoms with E-state index in [1.807, 2.05) is 0 Å². The molecule has 1 amide bonds. The smallest absolute Gasteiger partial charge is 0.273 e. The largest absolute Gasteiger partial charge is 0.378 e. The van der Waals surface area contributed by atoms with E-state index >= 15 is 0 Å². The topological polar surface area (TPSA) is 61.7 Å². The second-order valence-electron chi connectivity index (χ2n) is 4.22. The summed E-state index contributed by atoms with van der Waals surface area (Å²) in [5.74, 6) is -0.613. The summed E-state index contributed by atoms with van der Waals surface area (Å²) in [7, 11) is 0. The molecule has 0 saturated heterocycles. The summed E-state index contributed by atoms with van der Waals surface area (Å²) in [5.41, 5.74) is 3.45. The number of hydrogen-bond donors (Lipinski definition) is 2. The predicted octanol–water partition coefficient (Wildman–Crippen LogP) is 3.18. The van der Waals surface area contributed by atoms with Crippen molar-refractivity contribution in [3.8, 4) is 0 Å². The summed E-state index contributed by atoms with van der Waals surface area (Å²) < 4.78 is 0. The summed E-state index contributed by atoms with van der Waals surface area (Å²) in [6, 6.07) is 13.6. The third-order valence-electron chi connectivity index (χ3n) is 2.70. The standard InChI is InChI=1S/C15H12Cl2N2O2/c16-12-7-6-10(8-13(12)17)9-18-19-15(21)14(20)11-4-2-1-3-5-11/h1-9,14,20H,(H,19,21). The van der Waals surface area contributed by atoms with E-state index in [-0.39, 0.29) is 0 Å². The lowest BCUT2D eigenvalue weighted by Crippen LogP contribution is -2.25. The molecule has 4 nitrogen and oxygen atoms in total.